The number of benzene rings is 8. The van der Waals surface area contributed by atoms with Crippen molar-refractivity contribution < 1.29 is 19.5 Å². The molecule has 0 aromatic heterocycles. The van der Waals surface area contributed by atoms with Crippen LogP contribution in [0.3, 0.4) is 0 Å². The van der Waals surface area contributed by atoms with Gasteiger partial charge in [-0.05, 0) is 145 Å². The van der Waals surface area contributed by atoms with Gasteiger partial charge in [-0.1, -0.05) is 180 Å². The van der Waals surface area contributed by atoms with E-state index in [1.54, 1.807) is 48.5 Å². The first-order valence-electron chi connectivity index (χ1n) is 22.7. The van der Waals surface area contributed by atoms with Gasteiger partial charge in [0, 0.05) is 11.4 Å². The molecule has 0 bridgehead atoms. The van der Waals surface area contributed by atoms with Gasteiger partial charge in [0.2, 0.25) is 0 Å². The van der Waals surface area contributed by atoms with E-state index in [0.29, 0.717) is 22.0 Å². The molecule has 356 valence electrons. The number of nitrogens with one attached hydrogen (secondary N) is 2. The van der Waals surface area contributed by atoms with E-state index in [1.807, 2.05) is 80.6 Å². The molecule has 0 aliphatic heterocycles. The Morgan fingerprint density at radius 3 is 1.16 bits per heavy atom. The van der Waals surface area contributed by atoms with E-state index in [4.69, 9.17) is 52.1 Å². The van der Waals surface area contributed by atoms with Gasteiger partial charge in [0.05, 0.1) is 42.5 Å². The highest BCUT2D eigenvalue weighted by Gasteiger charge is 2.19. The summed E-state index contributed by atoms with van der Waals surface area (Å²) >= 11 is 24.4. The quantitative estimate of drug-likeness (QED) is 0.0809. The van der Waals surface area contributed by atoms with E-state index in [2.05, 4.69) is 71.3 Å². The molecule has 8 aromatic carbocycles. The number of amides is 2. The molecular formula is C59H53Cl4N3O4. The molecule has 7 nitrogen and oxygen atoms in total. The number of aryl methyl sites for hydroxylation is 8. The molecule has 0 spiro atoms. The Labute approximate surface area is 430 Å². The molecule has 5 N–H and O–H groups in total. The van der Waals surface area contributed by atoms with Crippen LogP contribution >= 0.6 is 46.4 Å². The molecule has 0 saturated carbocycles. The summed E-state index contributed by atoms with van der Waals surface area (Å²) in [6.45, 7) is 4.00. The smallest absolute Gasteiger partial charge is 0.337 e. The van der Waals surface area contributed by atoms with Crippen LogP contribution in [-0.2, 0) is 38.5 Å². The number of carboxylic acid groups (broad SMARTS) is 1. The highest BCUT2D eigenvalue weighted by atomic mass is 35.5. The number of carbonyl (C=O) groups is 3. The number of aromatic carboxylic acids is 1. The second-order valence-corrected chi connectivity index (χ2v) is 18.2. The molecular weight excluding hydrogens is 956 g/mol. The number of carbonyl (C=O) groups excluding carboxylic acids is 2. The number of anilines is 3. The summed E-state index contributed by atoms with van der Waals surface area (Å²) in [5.74, 6) is -1.99. The number of halogens is 4. The Hall–Kier alpha value is -6.87. The van der Waals surface area contributed by atoms with Crippen LogP contribution in [0, 0.1) is 13.8 Å². The second kappa shape index (κ2) is 26.2. The fourth-order valence-corrected chi connectivity index (χ4v) is 8.58. The number of hydrogen-bond acceptors (Lipinski definition) is 4. The van der Waals surface area contributed by atoms with Gasteiger partial charge in [0.25, 0.3) is 11.8 Å². The fourth-order valence-electron chi connectivity index (χ4n) is 7.44. The monoisotopic (exact) mass is 1010 g/mol. The number of nitrogens with two attached hydrogens (primary N) is 1. The fraction of sp³-hybridized carbons (Fsp3) is 0.136. The molecule has 0 saturated heterocycles. The molecule has 11 heteroatoms. The molecule has 70 heavy (non-hydrogen) atoms. The van der Waals surface area contributed by atoms with Crippen LogP contribution in [0.15, 0.2) is 182 Å². The lowest BCUT2D eigenvalue weighted by atomic mass is 10.0. The molecule has 0 aliphatic carbocycles. The van der Waals surface area contributed by atoms with Gasteiger partial charge in [-0.15, -0.1) is 0 Å². The minimum Gasteiger partial charge on any atom is -0.478 e. The van der Waals surface area contributed by atoms with Crippen LogP contribution in [0.1, 0.15) is 75.6 Å². The summed E-state index contributed by atoms with van der Waals surface area (Å²) in [6, 6.07) is 58.0. The first-order chi connectivity index (χ1) is 33.7. The van der Waals surface area contributed by atoms with Crippen LogP contribution in [0.5, 0.6) is 0 Å². The molecule has 0 radical (unpaired) electrons. The summed E-state index contributed by atoms with van der Waals surface area (Å²) < 4.78 is 0. The highest BCUT2D eigenvalue weighted by Crippen LogP contribution is 2.29. The maximum Gasteiger partial charge on any atom is 0.337 e. The van der Waals surface area contributed by atoms with Crippen LogP contribution < -0.4 is 16.4 Å². The minimum atomic E-state index is -1.13. The largest absolute Gasteiger partial charge is 0.478 e. The summed E-state index contributed by atoms with van der Waals surface area (Å²) in [5.41, 5.74) is 17.6. The standard InChI is InChI=1S/C22H17Cl2NO3.C22H19Cl2NO.C15H17N/c23-17-7-4-8-18(24)20(17)21(26)25-19-13-15(11-12-16(19)22(27)28)10-9-14-5-2-1-3-6-14;1-15-10-11-17(13-12-16-6-3-2-4-7-16)14-20(15)25-22(26)21-18(23)8-5-9-19(21)24;1-12-7-8-14(11-15(12)16)10-9-13-5-3-2-4-6-13/h1-8,11-13H,9-10H2,(H,25,26)(H,27,28);2-11,14H,12-13H2,1H3,(H,25,26);2-8,11H,9-10,16H2,1H3. The molecule has 8 rings (SSSR count). The summed E-state index contributed by atoms with van der Waals surface area (Å²) in [6.07, 6.45) is 5.49. The number of hydrogen-bond donors (Lipinski definition) is 4. The van der Waals surface area contributed by atoms with Crippen LogP contribution in [0.2, 0.25) is 20.1 Å². The van der Waals surface area contributed by atoms with Crippen molar-refractivity contribution in [2.24, 2.45) is 0 Å². The minimum absolute atomic E-state index is 0.0000119. The van der Waals surface area contributed by atoms with Crippen LogP contribution in [-0.4, -0.2) is 22.9 Å². The predicted octanol–water partition coefficient (Wildman–Crippen LogP) is 15.4. The molecule has 0 heterocycles. The first-order valence-corrected chi connectivity index (χ1v) is 24.2. The van der Waals surface area contributed by atoms with Crippen molar-refractivity contribution in [3.05, 3.63) is 263 Å². The average molecular weight is 1010 g/mol. The van der Waals surface area contributed by atoms with Gasteiger partial charge < -0.3 is 21.5 Å². The van der Waals surface area contributed by atoms with Gasteiger partial charge in [0.1, 0.15) is 0 Å². The van der Waals surface area contributed by atoms with Crippen molar-refractivity contribution >= 4 is 81.2 Å². The lowest BCUT2D eigenvalue weighted by Gasteiger charge is -2.12. The van der Waals surface area contributed by atoms with Gasteiger partial charge in [-0.2, -0.15) is 0 Å². The number of carboxylic acids is 1. The van der Waals surface area contributed by atoms with E-state index in [-0.39, 0.29) is 32.8 Å². The molecule has 0 aliphatic rings. The van der Waals surface area contributed by atoms with E-state index in [0.717, 1.165) is 60.2 Å². The van der Waals surface area contributed by atoms with Gasteiger partial charge >= 0.3 is 5.97 Å². The summed E-state index contributed by atoms with van der Waals surface area (Å²) in [7, 11) is 0. The second-order valence-electron chi connectivity index (χ2n) is 16.6. The van der Waals surface area contributed by atoms with Crippen molar-refractivity contribution in [3.63, 3.8) is 0 Å². The lowest BCUT2D eigenvalue weighted by molar-refractivity contribution is 0.0697. The molecule has 2 amide bonds. The summed E-state index contributed by atoms with van der Waals surface area (Å²) in [4.78, 5) is 36.8. The molecule has 8 aromatic rings. The Bertz CT molecular complexity index is 3000. The van der Waals surface area contributed by atoms with Crippen molar-refractivity contribution in [1.29, 1.82) is 0 Å². The zero-order valence-electron chi connectivity index (χ0n) is 38.8. The number of rotatable bonds is 14. The molecule has 0 atom stereocenters. The van der Waals surface area contributed by atoms with Crippen LogP contribution in [0.25, 0.3) is 0 Å². The van der Waals surface area contributed by atoms with Crippen molar-refractivity contribution in [1.82, 2.24) is 0 Å². The highest BCUT2D eigenvalue weighted by molar-refractivity contribution is 6.41. The van der Waals surface area contributed by atoms with Crippen molar-refractivity contribution in [2.45, 2.75) is 52.4 Å². The first kappa shape index (κ1) is 52.5. The van der Waals surface area contributed by atoms with Gasteiger partial charge in [-0.25, -0.2) is 4.79 Å². The normalized spacial score (nSPS) is 10.5. The van der Waals surface area contributed by atoms with E-state index >= 15 is 0 Å². The van der Waals surface area contributed by atoms with Gasteiger partial charge in [-0.3, -0.25) is 9.59 Å². The maximum absolute atomic E-state index is 12.6. The third-order valence-electron chi connectivity index (χ3n) is 11.5. The van der Waals surface area contributed by atoms with E-state index < -0.39 is 11.9 Å². The van der Waals surface area contributed by atoms with E-state index in [9.17, 15) is 19.5 Å². The topological polar surface area (TPSA) is 122 Å². The number of nitrogen functional groups attached to an aromatic ring is 1. The SMILES string of the molecule is Cc1ccc(CCc2ccccc2)cc1N.Cc1ccc(CCc2ccccc2)cc1NC(=O)c1c(Cl)cccc1Cl.O=C(O)c1ccc(CCc2ccccc2)cc1NC(=O)c1c(Cl)cccc1Cl. The average Bonchev–Trinajstić information content (AvgIpc) is 3.35. The van der Waals surface area contributed by atoms with E-state index in [1.165, 1.54) is 33.9 Å². The molecule has 0 unspecified atom stereocenters. The maximum atomic E-state index is 12.6. The lowest BCUT2D eigenvalue weighted by Crippen LogP contribution is -2.16. The molecule has 0 fully saturated rings. The third kappa shape index (κ3) is 15.6. The Balaban J connectivity index is 0.000000178. The van der Waals surface area contributed by atoms with Gasteiger partial charge in [0.15, 0.2) is 0 Å². The van der Waals surface area contributed by atoms with Crippen LogP contribution in [0.4, 0.5) is 17.1 Å². The Kier molecular flexibility index (Phi) is 19.7. The third-order valence-corrected chi connectivity index (χ3v) is 12.7. The summed E-state index contributed by atoms with van der Waals surface area (Å²) in [5, 5.41) is 16.1. The van der Waals surface area contributed by atoms with Crippen molar-refractivity contribution in [2.75, 3.05) is 16.4 Å². The zero-order chi connectivity index (χ0) is 50.0. The van der Waals surface area contributed by atoms with Crippen molar-refractivity contribution in [3.8, 4) is 0 Å². The predicted molar refractivity (Wildman–Crippen MR) is 291 cm³/mol. The Morgan fingerprint density at radius 1 is 0.414 bits per heavy atom. The Morgan fingerprint density at radius 2 is 0.757 bits per heavy atom. The zero-order valence-corrected chi connectivity index (χ0v) is 41.8.